The number of aromatic amines is 1. The van der Waals surface area contributed by atoms with Crippen molar-refractivity contribution in [1.82, 2.24) is 14.5 Å². The predicted octanol–water partition coefficient (Wildman–Crippen LogP) is 1.39. The van der Waals surface area contributed by atoms with Gasteiger partial charge in [-0.05, 0) is 37.7 Å². The van der Waals surface area contributed by atoms with Gasteiger partial charge in [0.2, 0.25) is 5.91 Å². The second kappa shape index (κ2) is 7.39. The smallest absolute Gasteiger partial charge is 0.328 e. The number of likely N-dealkylation sites (tertiary alicyclic amines) is 1. The number of aliphatic hydroxyl groups is 1. The monoisotopic (exact) mass is 383 g/mol. The van der Waals surface area contributed by atoms with Gasteiger partial charge in [-0.25, -0.2) is 4.79 Å². The minimum absolute atomic E-state index is 0.0155. The Hall–Kier alpha value is -2.67. The minimum atomic E-state index is -0.927. The largest absolute Gasteiger partial charge is 0.385 e. The fourth-order valence-corrected chi connectivity index (χ4v) is 4.58. The SMILES string of the molecule is O=C(C1CCC(O)(c2ccccc2)C1)N1CCC(n2ccc(=O)[nH]c2=O)CC1. The first-order chi connectivity index (χ1) is 13.5. The van der Waals surface area contributed by atoms with E-state index in [2.05, 4.69) is 4.98 Å². The average molecular weight is 383 g/mol. The Morgan fingerprint density at radius 3 is 2.46 bits per heavy atom. The van der Waals surface area contributed by atoms with E-state index in [1.165, 1.54) is 12.3 Å². The van der Waals surface area contributed by atoms with Crippen LogP contribution < -0.4 is 11.2 Å². The van der Waals surface area contributed by atoms with E-state index in [-0.39, 0.29) is 17.9 Å². The Morgan fingerprint density at radius 1 is 1.07 bits per heavy atom. The summed E-state index contributed by atoms with van der Waals surface area (Å²) in [6.45, 7) is 1.16. The van der Waals surface area contributed by atoms with Gasteiger partial charge in [0, 0.05) is 37.3 Å². The lowest BCUT2D eigenvalue weighted by Gasteiger charge is -2.34. The number of carbonyl (C=O) groups excluding carboxylic acids is 1. The van der Waals surface area contributed by atoms with Gasteiger partial charge in [-0.3, -0.25) is 19.1 Å². The molecule has 1 aliphatic heterocycles. The molecule has 2 unspecified atom stereocenters. The molecule has 1 aromatic heterocycles. The molecule has 2 aromatic rings. The van der Waals surface area contributed by atoms with Crippen molar-refractivity contribution in [3.05, 3.63) is 69.0 Å². The zero-order chi connectivity index (χ0) is 19.7. The molecule has 1 saturated carbocycles. The molecule has 1 aliphatic carbocycles. The van der Waals surface area contributed by atoms with Crippen molar-refractivity contribution >= 4 is 5.91 Å². The van der Waals surface area contributed by atoms with Gasteiger partial charge in [0.15, 0.2) is 0 Å². The van der Waals surface area contributed by atoms with E-state index in [9.17, 15) is 19.5 Å². The predicted molar refractivity (Wildman–Crippen MR) is 104 cm³/mol. The number of H-pyrrole nitrogens is 1. The van der Waals surface area contributed by atoms with Crippen LogP contribution in [0.3, 0.4) is 0 Å². The van der Waals surface area contributed by atoms with Gasteiger partial charge in [-0.1, -0.05) is 30.3 Å². The third kappa shape index (κ3) is 3.54. The summed E-state index contributed by atoms with van der Waals surface area (Å²) < 4.78 is 1.55. The zero-order valence-electron chi connectivity index (χ0n) is 15.7. The van der Waals surface area contributed by atoms with Gasteiger partial charge in [0.1, 0.15) is 0 Å². The van der Waals surface area contributed by atoms with Crippen molar-refractivity contribution in [2.24, 2.45) is 5.92 Å². The molecular weight excluding hydrogens is 358 g/mol. The Kier molecular flexibility index (Phi) is 4.93. The first-order valence-electron chi connectivity index (χ1n) is 9.84. The summed E-state index contributed by atoms with van der Waals surface area (Å²) in [5.41, 5.74) is -0.855. The number of nitrogens with one attached hydrogen (secondary N) is 1. The van der Waals surface area contributed by atoms with Crippen LogP contribution in [0, 0.1) is 5.92 Å². The Morgan fingerprint density at radius 2 is 1.79 bits per heavy atom. The number of hydrogen-bond donors (Lipinski definition) is 2. The van der Waals surface area contributed by atoms with Crippen LogP contribution in [0.15, 0.2) is 52.2 Å². The summed E-state index contributed by atoms with van der Waals surface area (Å²) in [7, 11) is 0. The molecule has 28 heavy (non-hydrogen) atoms. The minimum Gasteiger partial charge on any atom is -0.385 e. The van der Waals surface area contributed by atoms with E-state index in [1.807, 2.05) is 35.2 Å². The fraction of sp³-hybridized carbons (Fsp3) is 0.476. The van der Waals surface area contributed by atoms with Crippen molar-refractivity contribution in [2.75, 3.05) is 13.1 Å². The summed E-state index contributed by atoms with van der Waals surface area (Å²) in [5, 5.41) is 11.0. The molecule has 2 N–H and O–H groups in total. The molecule has 0 radical (unpaired) electrons. The summed E-state index contributed by atoms with van der Waals surface area (Å²) >= 11 is 0. The van der Waals surface area contributed by atoms with E-state index >= 15 is 0 Å². The Labute approximate surface area is 162 Å². The molecule has 2 fully saturated rings. The first-order valence-corrected chi connectivity index (χ1v) is 9.84. The van der Waals surface area contributed by atoms with Crippen molar-refractivity contribution in [3.63, 3.8) is 0 Å². The number of rotatable bonds is 3. The van der Waals surface area contributed by atoms with Gasteiger partial charge in [-0.15, -0.1) is 0 Å². The molecular formula is C21H25N3O4. The topological polar surface area (TPSA) is 95.4 Å². The van der Waals surface area contributed by atoms with Gasteiger partial charge >= 0.3 is 5.69 Å². The highest BCUT2D eigenvalue weighted by atomic mass is 16.3. The normalized spacial score (nSPS) is 25.8. The summed E-state index contributed by atoms with van der Waals surface area (Å²) in [4.78, 5) is 40.3. The number of amides is 1. The standard InChI is InChI=1S/C21H25N3O4/c25-18-9-13-24(20(27)22-18)17-7-11-23(12-8-17)19(26)15-6-10-21(28,14-15)16-4-2-1-3-5-16/h1-5,9,13,15,17,28H,6-8,10-12,14H2,(H,22,25,27). The molecule has 1 saturated heterocycles. The molecule has 7 nitrogen and oxygen atoms in total. The highest BCUT2D eigenvalue weighted by Crippen LogP contribution is 2.43. The number of benzene rings is 1. The molecule has 2 atom stereocenters. The van der Waals surface area contributed by atoms with E-state index in [1.54, 1.807) is 4.57 Å². The quantitative estimate of drug-likeness (QED) is 0.837. The molecule has 1 aromatic carbocycles. The summed E-state index contributed by atoms with van der Waals surface area (Å²) in [6.07, 6.45) is 4.61. The number of piperidine rings is 1. The first kappa shape index (κ1) is 18.7. The maximum Gasteiger partial charge on any atom is 0.328 e. The number of aromatic nitrogens is 2. The lowest BCUT2D eigenvalue weighted by molar-refractivity contribution is -0.137. The van der Waals surface area contributed by atoms with Gasteiger partial charge < -0.3 is 10.0 Å². The van der Waals surface area contributed by atoms with Crippen LogP contribution in [0.1, 0.15) is 43.7 Å². The zero-order valence-corrected chi connectivity index (χ0v) is 15.7. The molecule has 148 valence electrons. The number of carbonyl (C=O) groups is 1. The van der Waals surface area contributed by atoms with Crippen LogP contribution in [0.25, 0.3) is 0 Å². The lowest BCUT2D eigenvalue weighted by atomic mass is 9.91. The fourth-order valence-electron chi connectivity index (χ4n) is 4.58. The molecule has 4 rings (SSSR count). The van der Waals surface area contributed by atoms with Crippen LogP contribution in [-0.4, -0.2) is 38.6 Å². The Balaban J connectivity index is 1.38. The Bertz CT molecular complexity index is 959. The van der Waals surface area contributed by atoms with E-state index < -0.39 is 16.9 Å². The second-order valence-electron chi connectivity index (χ2n) is 7.91. The van der Waals surface area contributed by atoms with E-state index in [4.69, 9.17) is 0 Å². The van der Waals surface area contributed by atoms with E-state index in [0.717, 1.165) is 5.56 Å². The molecule has 1 amide bonds. The van der Waals surface area contributed by atoms with Gasteiger partial charge in [0.05, 0.1) is 5.60 Å². The summed E-state index contributed by atoms with van der Waals surface area (Å²) in [6, 6.07) is 10.9. The average Bonchev–Trinajstić information content (AvgIpc) is 3.12. The highest BCUT2D eigenvalue weighted by Gasteiger charge is 2.43. The molecule has 2 aliphatic rings. The third-order valence-electron chi connectivity index (χ3n) is 6.17. The molecule has 0 spiro atoms. The number of nitrogens with zero attached hydrogens (tertiary/aromatic N) is 2. The van der Waals surface area contributed by atoms with Crippen LogP contribution in [0.2, 0.25) is 0 Å². The van der Waals surface area contributed by atoms with Crippen LogP contribution in [0.5, 0.6) is 0 Å². The van der Waals surface area contributed by atoms with Crippen molar-refractivity contribution in [2.45, 2.75) is 43.7 Å². The lowest BCUT2D eigenvalue weighted by Crippen LogP contribution is -2.44. The van der Waals surface area contributed by atoms with Crippen molar-refractivity contribution < 1.29 is 9.90 Å². The van der Waals surface area contributed by atoms with Crippen molar-refractivity contribution in [1.29, 1.82) is 0 Å². The molecule has 0 bridgehead atoms. The highest BCUT2D eigenvalue weighted by molar-refractivity contribution is 5.79. The maximum atomic E-state index is 13.0. The van der Waals surface area contributed by atoms with Crippen LogP contribution in [-0.2, 0) is 10.4 Å². The third-order valence-corrected chi connectivity index (χ3v) is 6.17. The molecule has 2 heterocycles. The van der Waals surface area contributed by atoms with Gasteiger partial charge in [-0.2, -0.15) is 0 Å². The van der Waals surface area contributed by atoms with E-state index in [0.29, 0.717) is 45.2 Å². The molecule has 7 heteroatoms. The summed E-state index contributed by atoms with van der Waals surface area (Å²) in [5.74, 6) is -0.0725. The van der Waals surface area contributed by atoms with Crippen LogP contribution >= 0.6 is 0 Å². The van der Waals surface area contributed by atoms with Crippen molar-refractivity contribution in [3.8, 4) is 0 Å². The number of hydrogen-bond acceptors (Lipinski definition) is 4. The van der Waals surface area contributed by atoms with Gasteiger partial charge in [0.25, 0.3) is 5.56 Å². The maximum absolute atomic E-state index is 13.0. The second-order valence-corrected chi connectivity index (χ2v) is 7.91. The van der Waals surface area contributed by atoms with Crippen LogP contribution in [0.4, 0.5) is 0 Å².